The fourth-order valence-electron chi connectivity index (χ4n) is 0.979. The minimum absolute atomic E-state index is 0.119. The van der Waals surface area contributed by atoms with Gasteiger partial charge in [0.1, 0.15) is 11.9 Å². The normalized spacial score (nSPS) is 11.2. The quantitative estimate of drug-likeness (QED) is 0.624. The van der Waals surface area contributed by atoms with Crippen LogP contribution < -0.4 is 5.73 Å². The lowest BCUT2D eigenvalue weighted by Gasteiger charge is -2.21. The number of nitrogens with two attached hydrogens (primary N) is 1. The number of hydrogen-bond donors (Lipinski definition) is 1. The van der Waals surface area contributed by atoms with Crippen LogP contribution in [0.1, 0.15) is 26.5 Å². The van der Waals surface area contributed by atoms with E-state index in [0.29, 0.717) is 11.5 Å². The summed E-state index contributed by atoms with van der Waals surface area (Å²) in [4.78, 5) is 3.88. The Morgan fingerprint density at radius 2 is 2.17 bits per heavy atom. The fourth-order valence-corrected chi connectivity index (χ4v) is 0.979. The third-order valence-corrected chi connectivity index (χ3v) is 1.63. The van der Waals surface area contributed by atoms with Crippen LogP contribution in [0.4, 0.5) is 5.82 Å². The smallest absolute Gasteiger partial charge is 0.182 e. The minimum Gasteiger partial charge on any atom is -0.383 e. The Balaban J connectivity index is 3.22. The lowest BCUT2D eigenvalue weighted by Crippen LogP contribution is -2.22. The maximum absolute atomic E-state index is 8.59. The zero-order valence-corrected chi connectivity index (χ0v) is 7.50. The van der Waals surface area contributed by atoms with E-state index in [-0.39, 0.29) is 5.54 Å². The van der Waals surface area contributed by atoms with Gasteiger partial charge in [0.25, 0.3) is 0 Å². The topological polar surface area (TPSA) is 67.6 Å². The molecule has 4 heteroatoms. The molecule has 1 heterocycles. The summed E-state index contributed by atoms with van der Waals surface area (Å²) in [6.07, 6.45) is 1.59. The second-order valence-electron chi connectivity index (χ2n) is 3.63. The van der Waals surface area contributed by atoms with Gasteiger partial charge in [0.15, 0.2) is 5.69 Å². The van der Waals surface area contributed by atoms with Crippen molar-refractivity contribution in [1.82, 2.24) is 9.55 Å². The second kappa shape index (κ2) is 2.52. The Hall–Kier alpha value is -1.50. The molecule has 0 fully saturated rings. The lowest BCUT2D eigenvalue weighted by molar-refractivity contribution is 0.402. The van der Waals surface area contributed by atoms with Crippen molar-refractivity contribution < 1.29 is 0 Å². The van der Waals surface area contributed by atoms with Crippen LogP contribution in [0, 0.1) is 11.3 Å². The van der Waals surface area contributed by atoms with Gasteiger partial charge in [-0.1, -0.05) is 0 Å². The van der Waals surface area contributed by atoms with Gasteiger partial charge in [-0.3, -0.25) is 0 Å². The Morgan fingerprint density at radius 3 is 2.42 bits per heavy atom. The van der Waals surface area contributed by atoms with Gasteiger partial charge >= 0.3 is 0 Å². The highest BCUT2D eigenvalue weighted by atomic mass is 15.2. The van der Waals surface area contributed by atoms with Crippen molar-refractivity contribution in [2.75, 3.05) is 5.73 Å². The Kier molecular flexibility index (Phi) is 1.81. The molecule has 0 aliphatic carbocycles. The maximum atomic E-state index is 8.59. The van der Waals surface area contributed by atoms with E-state index in [0.717, 1.165) is 0 Å². The van der Waals surface area contributed by atoms with Crippen LogP contribution in [0.5, 0.6) is 0 Å². The molecule has 0 aliphatic rings. The number of anilines is 1. The second-order valence-corrected chi connectivity index (χ2v) is 3.63. The highest BCUT2D eigenvalue weighted by Gasteiger charge is 2.17. The zero-order valence-electron chi connectivity index (χ0n) is 7.50. The van der Waals surface area contributed by atoms with Gasteiger partial charge in [-0.05, 0) is 20.8 Å². The predicted molar refractivity (Wildman–Crippen MR) is 46.4 cm³/mol. The Bertz CT molecular complexity index is 324. The van der Waals surface area contributed by atoms with Crippen molar-refractivity contribution in [3.8, 4) is 6.07 Å². The number of nitriles is 1. The van der Waals surface area contributed by atoms with Gasteiger partial charge in [-0.25, -0.2) is 4.98 Å². The van der Waals surface area contributed by atoms with Crippen molar-refractivity contribution in [2.24, 2.45) is 0 Å². The number of nitrogen functional groups attached to an aromatic ring is 1. The standard InChI is InChI=1S/C8H12N4/c1-8(2,3)12-5-11-6(4-9)7(12)10/h5H,10H2,1-3H3. The molecule has 0 amide bonds. The van der Waals surface area contributed by atoms with Crippen molar-refractivity contribution in [3.05, 3.63) is 12.0 Å². The predicted octanol–water partition coefficient (Wildman–Crippen LogP) is 1.09. The first kappa shape index (κ1) is 8.60. The lowest BCUT2D eigenvalue weighted by atomic mass is 10.1. The first-order valence-corrected chi connectivity index (χ1v) is 3.70. The van der Waals surface area contributed by atoms with E-state index in [1.807, 2.05) is 26.8 Å². The highest BCUT2D eigenvalue weighted by molar-refractivity contribution is 5.44. The zero-order chi connectivity index (χ0) is 9.35. The molecule has 0 atom stereocenters. The van der Waals surface area contributed by atoms with Crippen LogP contribution in [-0.4, -0.2) is 9.55 Å². The van der Waals surface area contributed by atoms with Crippen molar-refractivity contribution in [3.63, 3.8) is 0 Å². The van der Waals surface area contributed by atoms with Gasteiger partial charge in [0, 0.05) is 5.54 Å². The van der Waals surface area contributed by atoms with E-state index in [4.69, 9.17) is 11.0 Å². The molecule has 0 saturated carbocycles. The van der Waals surface area contributed by atoms with Crippen LogP contribution in [-0.2, 0) is 5.54 Å². The molecular weight excluding hydrogens is 152 g/mol. The molecule has 0 bridgehead atoms. The van der Waals surface area contributed by atoms with Crippen molar-refractivity contribution >= 4 is 5.82 Å². The van der Waals surface area contributed by atoms with Crippen molar-refractivity contribution in [1.29, 1.82) is 5.26 Å². The van der Waals surface area contributed by atoms with E-state index in [2.05, 4.69) is 4.98 Å². The van der Waals surface area contributed by atoms with Gasteiger partial charge < -0.3 is 10.3 Å². The number of rotatable bonds is 0. The molecule has 0 saturated heterocycles. The van der Waals surface area contributed by atoms with E-state index in [1.165, 1.54) is 0 Å². The highest BCUT2D eigenvalue weighted by Crippen LogP contribution is 2.20. The first-order chi connectivity index (χ1) is 5.46. The number of imidazole rings is 1. The first-order valence-electron chi connectivity index (χ1n) is 3.70. The minimum atomic E-state index is -0.119. The molecule has 1 aromatic heterocycles. The van der Waals surface area contributed by atoms with E-state index < -0.39 is 0 Å². The molecule has 1 rings (SSSR count). The molecule has 2 N–H and O–H groups in total. The summed E-state index contributed by atoms with van der Waals surface area (Å²) in [5, 5.41) is 8.59. The van der Waals surface area contributed by atoms with E-state index in [9.17, 15) is 0 Å². The third kappa shape index (κ3) is 1.26. The molecule has 4 nitrogen and oxygen atoms in total. The molecular formula is C8H12N4. The number of nitrogens with zero attached hydrogens (tertiary/aromatic N) is 3. The molecule has 0 aliphatic heterocycles. The molecule has 1 aromatic rings. The largest absolute Gasteiger partial charge is 0.383 e. The number of aromatic nitrogens is 2. The average molecular weight is 164 g/mol. The van der Waals surface area contributed by atoms with E-state index >= 15 is 0 Å². The van der Waals surface area contributed by atoms with Gasteiger partial charge in [-0.2, -0.15) is 5.26 Å². The summed E-state index contributed by atoms with van der Waals surface area (Å²) in [5.74, 6) is 0.435. The van der Waals surface area contributed by atoms with Gasteiger partial charge in [0.05, 0.1) is 6.33 Å². The summed E-state index contributed by atoms with van der Waals surface area (Å²) < 4.78 is 1.78. The van der Waals surface area contributed by atoms with Crippen LogP contribution >= 0.6 is 0 Å². The molecule has 12 heavy (non-hydrogen) atoms. The van der Waals surface area contributed by atoms with Crippen LogP contribution in [0.2, 0.25) is 0 Å². The van der Waals surface area contributed by atoms with Gasteiger partial charge in [-0.15, -0.1) is 0 Å². The van der Waals surface area contributed by atoms with Gasteiger partial charge in [0.2, 0.25) is 0 Å². The molecule has 0 unspecified atom stereocenters. The summed E-state index contributed by atoms with van der Waals surface area (Å²) in [6.45, 7) is 6.02. The average Bonchev–Trinajstić information content (AvgIpc) is 2.29. The summed E-state index contributed by atoms with van der Waals surface area (Å²) in [5.41, 5.74) is 5.86. The molecule has 64 valence electrons. The SMILES string of the molecule is CC(C)(C)n1cnc(C#N)c1N. The Morgan fingerprint density at radius 1 is 1.58 bits per heavy atom. The van der Waals surface area contributed by atoms with Crippen LogP contribution in [0.25, 0.3) is 0 Å². The molecule has 0 spiro atoms. The van der Waals surface area contributed by atoms with Crippen LogP contribution in [0.15, 0.2) is 6.33 Å². The van der Waals surface area contributed by atoms with Crippen LogP contribution in [0.3, 0.4) is 0 Å². The summed E-state index contributed by atoms with van der Waals surface area (Å²) >= 11 is 0. The maximum Gasteiger partial charge on any atom is 0.182 e. The Labute approximate surface area is 71.6 Å². The van der Waals surface area contributed by atoms with Crippen molar-refractivity contribution in [2.45, 2.75) is 26.3 Å². The third-order valence-electron chi connectivity index (χ3n) is 1.63. The van der Waals surface area contributed by atoms with E-state index in [1.54, 1.807) is 10.9 Å². The fraction of sp³-hybridized carbons (Fsp3) is 0.500. The molecule has 0 aromatic carbocycles. The monoisotopic (exact) mass is 164 g/mol. The molecule has 0 radical (unpaired) electrons. The summed E-state index contributed by atoms with van der Waals surface area (Å²) in [6, 6.07) is 1.93. The summed E-state index contributed by atoms with van der Waals surface area (Å²) in [7, 11) is 0. The number of hydrogen-bond acceptors (Lipinski definition) is 3.